The van der Waals surface area contributed by atoms with E-state index in [0.717, 1.165) is 32.9 Å². The van der Waals surface area contributed by atoms with Crippen LogP contribution in [0.15, 0.2) is 18.2 Å². The summed E-state index contributed by atoms with van der Waals surface area (Å²) in [5, 5.41) is 8.84. The van der Waals surface area contributed by atoms with E-state index in [4.69, 9.17) is 5.26 Å². The second-order valence-electron chi connectivity index (χ2n) is 6.13. The van der Waals surface area contributed by atoms with Crippen molar-refractivity contribution in [1.82, 2.24) is 0 Å². The number of rotatable bonds is 3. The van der Waals surface area contributed by atoms with E-state index in [9.17, 15) is 30.7 Å². The summed E-state index contributed by atoms with van der Waals surface area (Å²) in [5.74, 6) is -0.843. The van der Waals surface area contributed by atoms with Gasteiger partial charge < -0.3 is 4.74 Å². The van der Waals surface area contributed by atoms with E-state index >= 15 is 0 Å². The number of ether oxygens (including phenoxy) is 1. The van der Waals surface area contributed by atoms with E-state index in [2.05, 4.69) is 4.74 Å². The van der Waals surface area contributed by atoms with Crippen molar-refractivity contribution in [2.45, 2.75) is 45.3 Å². The predicted molar refractivity (Wildman–Crippen MR) is 70.2 cm³/mol. The lowest BCUT2D eigenvalue weighted by atomic mass is 9.75. The number of alkyl halides is 6. The van der Waals surface area contributed by atoms with Crippen LogP contribution >= 0.6 is 0 Å². The molecule has 0 aliphatic heterocycles. The van der Waals surface area contributed by atoms with Gasteiger partial charge in [-0.2, -0.15) is 31.6 Å². The van der Waals surface area contributed by atoms with Crippen molar-refractivity contribution in [3.05, 3.63) is 35.1 Å². The third kappa shape index (κ3) is 3.48. The number of benzene rings is 1. The fraction of sp³-hybridized carbons (Fsp3) is 0.533. The monoisotopic (exact) mass is 357 g/mol. The van der Waals surface area contributed by atoms with Gasteiger partial charge in [-0.05, 0) is 17.7 Å². The summed E-state index contributed by atoms with van der Waals surface area (Å²) in [6.45, 7) is 1.11. The lowest BCUT2D eigenvalue weighted by molar-refractivity contribution is -0.413. The van der Waals surface area contributed by atoms with Gasteiger partial charge in [0.2, 0.25) is 0 Å². The fourth-order valence-electron chi connectivity index (χ4n) is 2.36. The van der Waals surface area contributed by atoms with Crippen LogP contribution in [0.4, 0.5) is 30.7 Å². The Kier molecular flexibility index (Phi) is 5.26. The van der Waals surface area contributed by atoms with Crippen LogP contribution in [0, 0.1) is 22.6 Å². The zero-order valence-corrected chi connectivity index (χ0v) is 12.9. The minimum atomic E-state index is -5.75. The number of nitrogens with zero attached hydrogens (tertiary/aromatic N) is 1. The summed E-state index contributed by atoms with van der Waals surface area (Å²) in [5.41, 5.74) is -7.51. The Balaban J connectivity index is 3.38. The quantitative estimate of drug-likeness (QED) is 0.703. The highest BCUT2D eigenvalue weighted by molar-refractivity contribution is 5.37. The molecule has 9 heteroatoms. The topological polar surface area (TPSA) is 33.0 Å². The van der Waals surface area contributed by atoms with Crippen molar-refractivity contribution < 1.29 is 35.5 Å². The van der Waals surface area contributed by atoms with Gasteiger partial charge in [0.05, 0.1) is 18.2 Å². The molecule has 0 radical (unpaired) electrons. The second kappa shape index (κ2) is 6.24. The predicted octanol–water partition coefficient (Wildman–Crippen LogP) is 5.12. The van der Waals surface area contributed by atoms with E-state index in [1.54, 1.807) is 0 Å². The van der Waals surface area contributed by atoms with Crippen LogP contribution in [0.2, 0.25) is 0 Å². The first-order valence-corrected chi connectivity index (χ1v) is 6.63. The summed E-state index contributed by atoms with van der Waals surface area (Å²) in [6.07, 6.45) is -11.5. The average Bonchev–Trinajstić information content (AvgIpc) is 2.35. The zero-order chi connectivity index (χ0) is 19.0. The van der Waals surface area contributed by atoms with Crippen LogP contribution in [-0.4, -0.2) is 18.0 Å². The highest BCUT2D eigenvalue weighted by Crippen LogP contribution is 2.55. The summed E-state index contributed by atoms with van der Waals surface area (Å²) in [6, 6.07) is 3.94. The summed E-state index contributed by atoms with van der Waals surface area (Å²) >= 11 is 0. The molecule has 0 unspecified atom stereocenters. The van der Waals surface area contributed by atoms with E-state index in [1.807, 2.05) is 0 Å². The fourth-order valence-corrected chi connectivity index (χ4v) is 2.36. The lowest BCUT2D eigenvalue weighted by Gasteiger charge is -2.45. The Morgan fingerprint density at radius 2 is 1.50 bits per heavy atom. The molecule has 1 aromatic rings. The molecule has 0 aliphatic carbocycles. The third-order valence-corrected chi connectivity index (χ3v) is 3.49. The van der Waals surface area contributed by atoms with Crippen molar-refractivity contribution >= 4 is 0 Å². The molecule has 1 rings (SSSR count). The molecule has 0 saturated carbocycles. The van der Waals surface area contributed by atoms with Gasteiger partial charge in [-0.15, -0.1) is 0 Å². The van der Waals surface area contributed by atoms with E-state index in [-0.39, 0.29) is 5.56 Å². The molecule has 2 nitrogen and oxygen atoms in total. The molecule has 0 spiro atoms. The molecule has 1 aromatic carbocycles. The van der Waals surface area contributed by atoms with Gasteiger partial charge in [0.1, 0.15) is 5.82 Å². The summed E-state index contributed by atoms with van der Waals surface area (Å²) < 4.78 is 97.5. The lowest BCUT2D eigenvalue weighted by Crippen LogP contribution is -2.66. The maximum Gasteiger partial charge on any atom is 0.427 e. The molecular formula is C15H14F7NO. The molecule has 0 amide bonds. The number of nitriles is 1. The number of halogens is 7. The zero-order valence-electron chi connectivity index (χ0n) is 12.9. The first-order valence-electron chi connectivity index (χ1n) is 6.63. The van der Waals surface area contributed by atoms with E-state index < -0.39 is 41.4 Å². The minimum Gasteiger partial charge on any atom is -0.353 e. The molecule has 24 heavy (non-hydrogen) atoms. The molecule has 0 saturated heterocycles. The van der Waals surface area contributed by atoms with Crippen LogP contribution in [0.5, 0.6) is 0 Å². The van der Waals surface area contributed by atoms with Gasteiger partial charge >= 0.3 is 12.4 Å². The maximum atomic E-state index is 13.3. The van der Waals surface area contributed by atoms with Gasteiger partial charge in [0.15, 0.2) is 0 Å². The Hall–Kier alpha value is -1.82. The standard InChI is InChI=1S/C15H14F7NO/c1-12(2,3)13(14(17,18)19,15(20,21)22)24-8-9-4-5-11(16)6-10(9)7-23/h4-6H,8H2,1-3H3. The molecule has 0 heterocycles. The molecule has 0 aliphatic rings. The van der Waals surface area contributed by atoms with E-state index in [1.165, 1.54) is 6.07 Å². The van der Waals surface area contributed by atoms with Gasteiger partial charge in [-0.25, -0.2) is 4.39 Å². The van der Waals surface area contributed by atoms with Gasteiger partial charge in [-0.1, -0.05) is 26.8 Å². The molecule has 0 aromatic heterocycles. The smallest absolute Gasteiger partial charge is 0.353 e. The van der Waals surface area contributed by atoms with Crippen LogP contribution in [0.1, 0.15) is 31.9 Å². The Bertz CT molecular complexity index is 599. The summed E-state index contributed by atoms with van der Waals surface area (Å²) in [7, 11) is 0. The van der Waals surface area contributed by atoms with Gasteiger partial charge in [0.25, 0.3) is 5.60 Å². The van der Waals surface area contributed by atoms with Crippen LogP contribution in [-0.2, 0) is 11.3 Å². The second-order valence-corrected chi connectivity index (χ2v) is 6.13. The van der Waals surface area contributed by atoms with Gasteiger partial charge in [-0.3, -0.25) is 0 Å². The molecule has 134 valence electrons. The minimum absolute atomic E-state index is 0.277. The number of hydrogen-bond acceptors (Lipinski definition) is 2. The van der Waals surface area contributed by atoms with Crippen molar-refractivity contribution in [1.29, 1.82) is 5.26 Å². The molecule has 0 atom stereocenters. The van der Waals surface area contributed by atoms with Crippen molar-refractivity contribution in [2.24, 2.45) is 5.41 Å². The highest BCUT2D eigenvalue weighted by Gasteiger charge is 2.77. The normalized spacial score (nSPS) is 13.7. The Labute approximate surface area is 133 Å². The van der Waals surface area contributed by atoms with Gasteiger partial charge in [0, 0.05) is 5.41 Å². The van der Waals surface area contributed by atoms with Crippen LogP contribution < -0.4 is 0 Å². The maximum absolute atomic E-state index is 13.3. The average molecular weight is 357 g/mol. The Morgan fingerprint density at radius 1 is 1.00 bits per heavy atom. The first kappa shape index (κ1) is 20.2. The molecule has 0 bridgehead atoms. The SMILES string of the molecule is CC(C)(C)C(OCc1ccc(F)cc1C#N)(C(F)(F)F)C(F)(F)F. The highest BCUT2D eigenvalue weighted by atomic mass is 19.4. The molecule has 0 N–H and O–H groups in total. The van der Waals surface area contributed by atoms with E-state index in [0.29, 0.717) is 6.07 Å². The Morgan fingerprint density at radius 3 is 1.88 bits per heavy atom. The van der Waals surface area contributed by atoms with Crippen molar-refractivity contribution in [3.63, 3.8) is 0 Å². The van der Waals surface area contributed by atoms with Crippen LogP contribution in [0.3, 0.4) is 0 Å². The van der Waals surface area contributed by atoms with Crippen molar-refractivity contribution in [2.75, 3.05) is 0 Å². The third-order valence-electron chi connectivity index (χ3n) is 3.49. The summed E-state index contributed by atoms with van der Waals surface area (Å²) in [4.78, 5) is 0. The first-order chi connectivity index (χ1) is 10.7. The van der Waals surface area contributed by atoms with Crippen molar-refractivity contribution in [3.8, 4) is 6.07 Å². The largest absolute Gasteiger partial charge is 0.427 e. The molecule has 0 fully saturated rings. The number of hydrogen-bond donors (Lipinski definition) is 0. The molecular weight excluding hydrogens is 343 g/mol. The van der Waals surface area contributed by atoms with Crippen LogP contribution in [0.25, 0.3) is 0 Å².